The lowest BCUT2D eigenvalue weighted by Crippen LogP contribution is -2.34. The van der Waals surface area contributed by atoms with Crippen LogP contribution in [0.1, 0.15) is 11.1 Å². The van der Waals surface area contributed by atoms with Gasteiger partial charge in [0.1, 0.15) is 5.82 Å². The van der Waals surface area contributed by atoms with Crippen molar-refractivity contribution in [3.05, 3.63) is 35.1 Å². The highest BCUT2D eigenvalue weighted by Crippen LogP contribution is 2.12. The molecule has 5 nitrogen and oxygen atoms in total. The maximum Gasteiger partial charge on any atom is 0.234 e. The number of ether oxygens (including phenoxy) is 1. The number of nitrogens with zero attached hydrogens (tertiary/aromatic N) is 1. The molecule has 8 heteroatoms. The Morgan fingerprint density at radius 1 is 1.30 bits per heavy atom. The number of carbonyl (C=O) groups is 1. The van der Waals surface area contributed by atoms with Crippen LogP contribution in [0.4, 0.5) is 4.39 Å². The van der Waals surface area contributed by atoms with Gasteiger partial charge in [-0.25, -0.2) is 4.39 Å². The highest BCUT2D eigenvalue weighted by atomic mass is 35.5. The highest BCUT2D eigenvalue weighted by Gasteiger charge is 2.06. The molecular weight excluding hydrogens is 344 g/mol. The van der Waals surface area contributed by atoms with Gasteiger partial charge in [-0.1, -0.05) is 6.07 Å². The van der Waals surface area contributed by atoms with Crippen LogP contribution in [0.3, 0.4) is 0 Å². The second-order valence-corrected chi connectivity index (χ2v) is 5.11. The first-order valence-corrected chi connectivity index (χ1v) is 6.91. The molecule has 0 saturated carbocycles. The number of benzene rings is 1. The monoisotopic (exact) mass is 369 g/mol. The number of rotatable bonds is 9. The lowest BCUT2D eigenvalue weighted by molar-refractivity contribution is -0.120. The molecule has 1 amide bonds. The predicted molar refractivity (Wildman–Crippen MR) is 94.9 cm³/mol. The molecule has 0 aromatic heterocycles. The molecule has 1 aromatic rings. The van der Waals surface area contributed by atoms with Crippen LogP contribution in [0.2, 0.25) is 0 Å². The second kappa shape index (κ2) is 13.5. The molecule has 2 N–H and O–H groups in total. The van der Waals surface area contributed by atoms with Gasteiger partial charge >= 0.3 is 0 Å². The second-order valence-electron chi connectivity index (χ2n) is 5.11. The van der Waals surface area contributed by atoms with Gasteiger partial charge in [0.2, 0.25) is 5.91 Å². The molecule has 1 aromatic carbocycles. The molecule has 0 heterocycles. The Morgan fingerprint density at radius 2 is 2.00 bits per heavy atom. The van der Waals surface area contributed by atoms with E-state index in [1.807, 2.05) is 19.0 Å². The van der Waals surface area contributed by atoms with E-state index in [9.17, 15) is 9.18 Å². The molecule has 1 rings (SSSR count). The topological polar surface area (TPSA) is 53.6 Å². The van der Waals surface area contributed by atoms with E-state index in [4.69, 9.17) is 4.74 Å². The minimum atomic E-state index is -0.222. The van der Waals surface area contributed by atoms with Crippen molar-refractivity contribution in [1.29, 1.82) is 0 Å². The molecule has 0 atom stereocenters. The Bertz CT molecular complexity index is 462. The fourth-order valence-corrected chi connectivity index (χ4v) is 1.84. The van der Waals surface area contributed by atoms with Crippen LogP contribution in [-0.2, 0) is 22.6 Å². The van der Waals surface area contributed by atoms with Gasteiger partial charge < -0.3 is 20.3 Å². The fourth-order valence-electron chi connectivity index (χ4n) is 1.84. The molecule has 23 heavy (non-hydrogen) atoms. The van der Waals surface area contributed by atoms with E-state index in [-0.39, 0.29) is 43.1 Å². The molecule has 0 bridgehead atoms. The van der Waals surface area contributed by atoms with Gasteiger partial charge in [-0.3, -0.25) is 4.79 Å². The summed E-state index contributed by atoms with van der Waals surface area (Å²) in [4.78, 5) is 13.5. The lowest BCUT2D eigenvalue weighted by atomic mass is 10.1. The van der Waals surface area contributed by atoms with Crippen molar-refractivity contribution < 1.29 is 13.9 Å². The Kier molecular flexibility index (Phi) is 14.3. The average molecular weight is 370 g/mol. The normalized spacial score (nSPS) is 9.96. The van der Waals surface area contributed by atoms with Crippen molar-refractivity contribution in [2.75, 3.05) is 40.9 Å². The summed E-state index contributed by atoms with van der Waals surface area (Å²) in [6.07, 6.45) is 0. The summed E-state index contributed by atoms with van der Waals surface area (Å²) in [6, 6.07) is 4.91. The van der Waals surface area contributed by atoms with Gasteiger partial charge in [-0.15, -0.1) is 24.8 Å². The van der Waals surface area contributed by atoms with Gasteiger partial charge in [0.15, 0.2) is 0 Å². The number of carbonyl (C=O) groups excluding carboxylic acids is 1. The van der Waals surface area contributed by atoms with Crippen molar-refractivity contribution >= 4 is 30.7 Å². The third-order valence-corrected chi connectivity index (χ3v) is 2.85. The van der Waals surface area contributed by atoms with E-state index in [0.29, 0.717) is 31.8 Å². The van der Waals surface area contributed by atoms with Crippen LogP contribution < -0.4 is 10.6 Å². The first-order chi connectivity index (χ1) is 10.0. The van der Waals surface area contributed by atoms with Crippen molar-refractivity contribution in [2.45, 2.75) is 13.1 Å². The quantitative estimate of drug-likeness (QED) is 0.649. The smallest absolute Gasteiger partial charge is 0.234 e. The zero-order valence-corrected chi connectivity index (χ0v) is 15.4. The third-order valence-electron chi connectivity index (χ3n) is 2.85. The van der Waals surface area contributed by atoms with Crippen molar-refractivity contribution in [3.8, 4) is 0 Å². The van der Waals surface area contributed by atoms with Crippen molar-refractivity contribution in [2.24, 2.45) is 0 Å². The number of hydrogen-bond acceptors (Lipinski definition) is 4. The van der Waals surface area contributed by atoms with E-state index in [0.717, 1.165) is 5.56 Å². The van der Waals surface area contributed by atoms with Crippen LogP contribution in [0.5, 0.6) is 0 Å². The molecule has 134 valence electrons. The number of nitrogens with one attached hydrogen (secondary N) is 2. The van der Waals surface area contributed by atoms with Crippen LogP contribution in [0.15, 0.2) is 18.2 Å². The highest BCUT2D eigenvalue weighted by molar-refractivity contribution is 5.85. The van der Waals surface area contributed by atoms with E-state index < -0.39 is 0 Å². The molecule has 0 unspecified atom stereocenters. The van der Waals surface area contributed by atoms with E-state index >= 15 is 0 Å². The lowest BCUT2D eigenvalue weighted by Gasteiger charge is -2.12. The first kappa shape index (κ1) is 24.3. The Morgan fingerprint density at radius 3 is 2.61 bits per heavy atom. The van der Waals surface area contributed by atoms with Crippen molar-refractivity contribution in [3.63, 3.8) is 0 Å². The average Bonchev–Trinajstić information content (AvgIpc) is 2.44. The van der Waals surface area contributed by atoms with Crippen LogP contribution >= 0.6 is 24.8 Å². The Balaban J connectivity index is 0. The first-order valence-electron chi connectivity index (χ1n) is 6.91. The summed E-state index contributed by atoms with van der Waals surface area (Å²) in [5.41, 5.74) is 1.52. The Labute approximate surface area is 149 Å². The number of amides is 1. The molecule has 0 saturated heterocycles. The van der Waals surface area contributed by atoms with E-state index in [1.165, 1.54) is 6.07 Å². The van der Waals surface area contributed by atoms with Crippen LogP contribution in [0.25, 0.3) is 0 Å². The number of hydrogen-bond donors (Lipinski definition) is 2. The third kappa shape index (κ3) is 10.5. The summed E-state index contributed by atoms with van der Waals surface area (Å²) < 4.78 is 18.5. The van der Waals surface area contributed by atoms with Gasteiger partial charge in [-0.2, -0.15) is 0 Å². The van der Waals surface area contributed by atoms with Gasteiger partial charge in [0.05, 0.1) is 13.2 Å². The molecule has 0 aliphatic rings. The summed E-state index contributed by atoms with van der Waals surface area (Å²) in [6.45, 7) is 2.37. The summed E-state index contributed by atoms with van der Waals surface area (Å²) in [7, 11) is 5.39. The minimum absolute atomic E-state index is 0. The largest absolute Gasteiger partial charge is 0.383 e. The van der Waals surface area contributed by atoms with Gasteiger partial charge in [-0.05, 0) is 31.8 Å². The van der Waals surface area contributed by atoms with Crippen molar-refractivity contribution in [1.82, 2.24) is 15.5 Å². The molecular formula is C15H26Cl2FN3O2. The molecule has 0 radical (unpaired) electrons. The van der Waals surface area contributed by atoms with E-state index in [2.05, 4.69) is 10.6 Å². The van der Waals surface area contributed by atoms with Crippen LogP contribution in [-0.4, -0.2) is 51.7 Å². The summed E-state index contributed by atoms with van der Waals surface area (Å²) in [5, 5.41) is 5.76. The molecule has 0 fully saturated rings. The summed E-state index contributed by atoms with van der Waals surface area (Å²) >= 11 is 0. The van der Waals surface area contributed by atoms with Gasteiger partial charge in [0, 0.05) is 32.3 Å². The fraction of sp³-hybridized carbons (Fsp3) is 0.533. The molecule has 0 aliphatic carbocycles. The van der Waals surface area contributed by atoms with E-state index in [1.54, 1.807) is 19.2 Å². The van der Waals surface area contributed by atoms with Crippen LogP contribution in [0, 0.1) is 5.82 Å². The predicted octanol–water partition coefficient (Wildman–Crippen LogP) is 1.58. The van der Waals surface area contributed by atoms with Gasteiger partial charge in [0.25, 0.3) is 0 Å². The zero-order valence-electron chi connectivity index (χ0n) is 13.7. The maximum absolute atomic E-state index is 13.6. The Hall–Kier alpha value is -0.920. The minimum Gasteiger partial charge on any atom is -0.383 e. The zero-order chi connectivity index (χ0) is 15.7. The standard InChI is InChI=1S/C15H24FN3O2.2ClH/c1-19(2)11-13-8-12(4-5-14(13)16)9-18-15(20)10-17-6-7-21-3;;/h4-5,8,17H,6-7,9-11H2,1-3H3,(H,18,20);2*1H. The number of methoxy groups -OCH3 is 1. The number of halogens is 3. The molecule has 0 aliphatic heterocycles. The SMILES string of the molecule is COCCNCC(=O)NCc1ccc(F)c(CN(C)C)c1.Cl.Cl. The maximum atomic E-state index is 13.6. The summed E-state index contributed by atoms with van der Waals surface area (Å²) in [5.74, 6) is -0.315. The molecule has 0 spiro atoms.